The van der Waals surface area contributed by atoms with E-state index in [1.165, 1.54) is 0 Å². The maximum atomic E-state index is 13.3. The van der Waals surface area contributed by atoms with Crippen LogP contribution in [0.3, 0.4) is 0 Å². The van der Waals surface area contributed by atoms with Crippen molar-refractivity contribution in [1.82, 2.24) is 14.7 Å². The predicted molar refractivity (Wildman–Crippen MR) is 127 cm³/mol. The van der Waals surface area contributed by atoms with E-state index in [1.807, 2.05) is 65.7 Å². The van der Waals surface area contributed by atoms with Crippen molar-refractivity contribution in [2.45, 2.75) is 38.8 Å². The molecule has 3 aromatic rings. The summed E-state index contributed by atoms with van der Waals surface area (Å²) >= 11 is 0. The number of aromatic nitrogens is 2. The molecule has 0 spiro atoms. The first kappa shape index (κ1) is 22.6. The monoisotopic (exact) mass is 446 g/mol. The molecule has 1 N–H and O–H groups in total. The molecule has 2 unspecified atom stereocenters. The minimum Gasteiger partial charge on any atom is -0.497 e. The Morgan fingerprint density at radius 1 is 1.15 bits per heavy atom. The number of carbonyl (C=O) groups is 2. The van der Waals surface area contributed by atoms with Crippen LogP contribution in [0, 0.1) is 5.92 Å². The number of hydrogen-bond donors (Lipinski definition) is 1. The largest absolute Gasteiger partial charge is 0.497 e. The van der Waals surface area contributed by atoms with Gasteiger partial charge in [0.1, 0.15) is 5.75 Å². The Kier molecular flexibility index (Phi) is 7.07. The summed E-state index contributed by atoms with van der Waals surface area (Å²) in [4.78, 5) is 28.0. The van der Waals surface area contributed by atoms with Gasteiger partial charge in [-0.1, -0.05) is 55.8 Å². The molecule has 0 aliphatic carbocycles. The molecule has 0 bridgehead atoms. The number of rotatable bonds is 9. The Balaban J connectivity index is 1.51. The number of ether oxygens (including phenoxy) is 1. The third kappa shape index (κ3) is 5.25. The molecule has 0 radical (unpaired) electrons. The highest BCUT2D eigenvalue weighted by Crippen LogP contribution is 2.39. The van der Waals surface area contributed by atoms with Crippen molar-refractivity contribution >= 4 is 17.5 Å². The molecule has 1 saturated heterocycles. The normalized spacial score (nSPS) is 17.9. The molecule has 33 heavy (non-hydrogen) atoms. The van der Waals surface area contributed by atoms with E-state index < -0.39 is 5.92 Å². The van der Waals surface area contributed by atoms with Crippen LogP contribution < -0.4 is 10.1 Å². The van der Waals surface area contributed by atoms with Crippen LogP contribution in [-0.4, -0.2) is 40.1 Å². The van der Waals surface area contributed by atoms with E-state index in [0.29, 0.717) is 18.8 Å². The lowest BCUT2D eigenvalue weighted by molar-refractivity contribution is -0.129. The first-order chi connectivity index (χ1) is 16.1. The van der Waals surface area contributed by atoms with Gasteiger partial charge in [0, 0.05) is 19.2 Å². The molecule has 4 rings (SSSR count). The number of nitrogens with zero attached hydrogens (tertiary/aromatic N) is 3. The van der Waals surface area contributed by atoms with Crippen molar-refractivity contribution < 1.29 is 14.3 Å². The fourth-order valence-corrected chi connectivity index (χ4v) is 4.35. The minimum absolute atomic E-state index is 0.0178. The number of unbranched alkanes of at least 4 members (excludes halogenated alkanes) is 1. The van der Waals surface area contributed by atoms with Crippen LogP contribution in [0.1, 0.15) is 43.4 Å². The zero-order valence-electron chi connectivity index (χ0n) is 19.1. The Labute approximate surface area is 194 Å². The maximum Gasteiger partial charge on any atom is 0.230 e. The lowest BCUT2D eigenvalue weighted by Gasteiger charge is -2.28. The summed E-state index contributed by atoms with van der Waals surface area (Å²) in [6, 6.07) is 17.4. The minimum atomic E-state index is -0.472. The fraction of sp³-hybridized carbons (Fsp3) is 0.346. The highest BCUT2D eigenvalue weighted by molar-refractivity contribution is 5.97. The van der Waals surface area contributed by atoms with Crippen LogP contribution in [0.2, 0.25) is 0 Å². The highest BCUT2D eigenvalue weighted by atomic mass is 16.5. The quantitative estimate of drug-likeness (QED) is 0.533. The summed E-state index contributed by atoms with van der Waals surface area (Å²) in [5, 5.41) is 7.35. The summed E-state index contributed by atoms with van der Waals surface area (Å²) in [7, 11) is 1.62. The van der Waals surface area contributed by atoms with E-state index in [9.17, 15) is 9.59 Å². The second-order valence-electron chi connectivity index (χ2n) is 8.37. The lowest BCUT2D eigenvalue weighted by Crippen LogP contribution is -2.33. The van der Waals surface area contributed by atoms with E-state index in [1.54, 1.807) is 18.0 Å². The number of benzene rings is 2. The summed E-state index contributed by atoms with van der Waals surface area (Å²) in [5.41, 5.74) is 2.70. The van der Waals surface area contributed by atoms with Gasteiger partial charge in [0.25, 0.3) is 0 Å². The molecule has 7 nitrogen and oxygen atoms in total. The second-order valence-corrected chi connectivity index (χ2v) is 8.37. The van der Waals surface area contributed by atoms with Crippen molar-refractivity contribution in [3.8, 4) is 5.75 Å². The van der Waals surface area contributed by atoms with Gasteiger partial charge < -0.3 is 15.0 Å². The molecule has 1 aliphatic heterocycles. The van der Waals surface area contributed by atoms with Gasteiger partial charge in [0.05, 0.1) is 37.5 Å². The van der Waals surface area contributed by atoms with Gasteiger partial charge >= 0.3 is 0 Å². The summed E-state index contributed by atoms with van der Waals surface area (Å²) < 4.78 is 7.06. The zero-order chi connectivity index (χ0) is 23.2. The molecule has 1 aliphatic rings. The van der Waals surface area contributed by atoms with Gasteiger partial charge in [-0.15, -0.1) is 0 Å². The zero-order valence-corrected chi connectivity index (χ0v) is 19.1. The summed E-state index contributed by atoms with van der Waals surface area (Å²) in [6.07, 6.45) is 5.55. The molecular weight excluding hydrogens is 416 g/mol. The number of likely N-dealkylation sites (tertiary alicyclic amines) is 1. The van der Waals surface area contributed by atoms with E-state index in [2.05, 4.69) is 17.3 Å². The number of nitrogens with one attached hydrogen (secondary N) is 1. The summed E-state index contributed by atoms with van der Waals surface area (Å²) in [6.45, 7) is 3.36. The Hall–Kier alpha value is -3.61. The average molecular weight is 447 g/mol. The van der Waals surface area contributed by atoms with Crippen LogP contribution in [0.25, 0.3) is 0 Å². The van der Waals surface area contributed by atoms with Gasteiger partial charge in [-0.05, 0) is 29.7 Å². The van der Waals surface area contributed by atoms with E-state index in [0.717, 1.165) is 29.7 Å². The topological polar surface area (TPSA) is 76.5 Å². The van der Waals surface area contributed by atoms with Crippen molar-refractivity contribution in [3.05, 3.63) is 78.1 Å². The van der Waals surface area contributed by atoms with Crippen LogP contribution >= 0.6 is 0 Å². The van der Waals surface area contributed by atoms with Crippen LogP contribution in [0.4, 0.5) is 5.69 Å². The molecule has 1 aromatic heterocycles. The lowest BCUT2D eigenvalue weighted by atomic mass is 9.92. The van der Waals surface area contributed by atoms with Gasteiger partial charge in [0.2, 0.25) is 11.8 Å². The third-order valence-electron chi connectivity index (χ3n) is 6.07. The van der Waals surface area contributed by atoms with Crippen LogP contribution in [0.5, 0.6) is 5.75 Å². The van der Waals surface area contributed by atoms with Crippen LogP contribution in [0.15, 0.2) is 67.0 Å². The first-order valence-corrected chi connectivity index (χ1v) is 11.4. The molecule has 2 atom stereocenters. The maximum absolute atomic E-state index is 13.3. The standard InChI is InChI=1S/C26H30N4O3/c1-3-4-14-30-24(31)15-23(25(30)20-10-12-22(33-2)13-11-20)26(32)28-21-16-27-29(18-21)17-19-8-6-5-7-9-19/h5-13,16,18,23,25H,3-4,14-15,17H2,1-2H3,(H,28,32). The van der Waals surface area contributed by atoms with E-state index in [4.69, 9.17) is 4.74 Å². The number of hydrogen-bond acceptors (Lipinski definition) is 4. The number of anilines is 1. The molecule has 2 heterocycles. The average Bonchev–Trinajstić information content (AvgIpc) is 3.41. The van der Waals surface area contributed by atoms with Crippen LogP contribution in [-0.2, 0) is 16.1 Å². The predicted octanol–water partition coefficient (Wildman–Crippen LogP) is 4.27. The summed E-state index contributed by atoms with van der Waals surface area (Å²) in [5.74, 6) is 0.127. The molecular formula is C26H30N4O3. The molecule has 172 valence electrons. The molecule has 1 fully saturated rings. The number of amides is 2. The Morgan fingerprint density at radius 3 is 2.61 bits per heavy atom. The van der Waals surface area contributed by atoms with E-state index >= 15 is 0 Å². The van der Waals surface area contributed by atoms with Crippen molar-refractivity contribution in [3.63, 3.8) is 0 Å². The molecule has 0 saturated carbocycles. The smallest absolute Gasteiger partial charge is 0.230 e. The SMILES string of the molecule is CCCCN1C(=O)CC(C(=O)Nc2cnn(Cc3ccccc3)c2)C1c1ccc(OC)cc1. The van der Waals surface area contributed by atoms with Gasteiger partial charge in [-0.2, -0.15) is 5.10 Å². The van der Waals surface area contributed by atoms with Gasteiger partial charge in [-0.25, -0.2) is 0 Å². The van der Waals surface area contributed by atoms with Crippen molar-refractivity contribution in [2.75, 3.05) is 19.0 Å². The molecule has 2 amide bonds. The number of carbonyl (C=O) groups excluding carboxylic acids is 2. The van der Waals surface area contributed by atoms with Gasteiger partial charge in [0.15, 0.2) is 0 Å². The van der Waals surface area contributed by atoms with Crippen molar-refractivity contribution in [2.24, 2.45) is 5.92 Å². The van der Waals surface area contributed by atoms with Crippen molar-refractivity contribution in [1.29, 1.82) is 0 Å². The third-order valence-corrected chi connectivity index (χ3v) is 6.07. The Bertz CT molecular complexity index is 1080. The number of methoxy groups -OCH3 is 1. The second kappa shape index (κ2) is 10.3. The molecule has 2 aromatic carbocycles. The highest BCUT2D eigenvalue weighted by Gasteiger charge is 2.44. The first-order valence-electron chi connectivity index (χ1n) is 11.4. The van der Waals surface area contributed by atoms with Gasteiger partial charge in [-0.3, -0.25) is 14.3 Å². The molecule has 7 heteroatoms. The fourth-order valence-electron chi connectivity index (χ4n) is 4.35. The van der Waals surface area contributed by atoms with E-state index in [-0.39, 0.29) is 24.3 Å². The Morgan fingerprint density at radius 2 is 1.91 bits per heavy atom.